The Balaban J connectivity index is 1.40. The van der Waals surface area contributed by atoms with Gasteiger partial charge in [0.25, 0.3) is 0 Å². The summed E-state index contributed by atoms with van der Waals surface area (Å²) in [4.78, 5) is 21.3. The van der Waals surface area contributed by atoms with E-state index in [9.17, 15) is 4.79 Å². The van der Waals surface area contributed by atoms with Gasteiger partial charge in [0.1, 0.15) is 5.01 Å². The minimum atomic E-state index is -0.123. The van der Waals surface area contributed by atoms with Crippen LogP contribution in [0.15, 0.2) is 53.5 Å². The number of carbonyl (C=O) groups excluding carboxylic acids is 1. The largest absolute Gasteiger partial charge is 0.302 e. The van der Waals surface area contributed by atoms with Gasteiger partial charge in [0, 0.05) is 35.1 Å². The lowest BCUT2D eigenvalue weighted by Gasteiger charge is -1.99. The fraction of sp³-hybridized carbons (Fsp3) is 0.111. The summed E-state index contributed by atoms with van der Waals surface area (Å²) in [7, 11) is 1.86. The monoisotopic (exact) mass is 381 g/mol. The van der Waals surface area contributed by atoms with Crippen molar-refractivity contribution < 1.29 is 4.79 Å². The van der Waals surface area contributed by atoms with Crippen LogP contribution in [0.3, 0.4) is 0 Å². The van der Waals surface area contributed by atoms with Crippen molar-refractivity contribution in [3.05, 3.63) is 59.2 Å². The van der Waals surface area contributed by atoms with Crippen molar-refractivity contribution in [3.63, 3.8) is 0 Å². The minimum absolute atomic E-state index is 0.123. The predicted octanol–water partition coefficient (Wildman–Crippen LogP) is 3.85. The number of hydrogen-bond acceptors (Lipinski definition) is 6. The molecule has 0 fully saturated rings. The summed E-state index contributed by atoms with van der Waals surface area (Å²) in [5, 5.41) is 12.3. The normalized spacial score (nSPS) is 10.8. The van der Waals surface area contributed by atoms with Crippen LogP contribution in [-0.4, -0.2) is 25.7 Å². The summed E-state index contributed by atoms with van der Waals surface area (Å²) in [5.41, 5.74) is 3.55. The molecule has 3 heterocycles. The molecule has 0 bridgehead atoms. The van der Waals surface area contributed by atoms with Gasteiger partial charge in [-0.15, -0.1) is 22.7 Å². The summed E-state index contributed by atoms with van der Waals surface area (Å²) in [6.45, 7) is 0. The van der Waals surface area contributed by atoms with Crippen LogP contribution in [0.2, 0.25) is 0 Å². The summed E-state index contributed by atoms with van der Waals surface area (Å²) in [6, 6.07) is 9.95. The van der Waals surface area contributed by atoms with Gasteiger partial charge in [0.15, 0.2) is 5.13 Å². The van der Waals surface area contributed by atoms with Crippen LogP contribution in [-0.2, 0) is 18.3 Å². The SMILES string of the molecule is Cn1cc(-c2csc(NC(=O)Cc3csc(-c4ccccc4)n3)n2)cn1. The lowest BCUT2D eigenvalue weighted by atomic mass is 10.2. The van der Waals surface area contributed by atoms with Crippen molar-refractivity contribution in [2.24, 2.45) is 7.05 Å². The average Bonchev–Trinajstić information content (AvgIpc) is 3.37. The maximum absolute atomic E-state index is 12.3. The number of carbonyl (C=O) groups is 1. The Bertz CT molecular complexity index is 1030. The van der Waals surface area contributed by atoms with Crippen LogP contribution in [0.5, 0.6) is 0 Å². The van der Waals surface area contributed by atoms with Crippen molar-refractivity contribution in [2.75, 3.05) is 5.32 Å². The molecule has 0 radical (unpaired) electrons. The summed E-state index contributed by atoms with van der Waals surface area (Å²) in [6.07, 6.45) is 3.87. The Morgan fingerprint density at radius 1 is 1.12 bits per heavy atom. The molecular formula is C18H15N5OS2. The van der Waals surface area contributed by atoms with Crippen LogP contribution in [0, 0.1) is 0 Å². The van der Waals surface area contributed by atoms with Crippen molar-refractivity contribution in [1.29, 1.82) is 0 Å². The molecule has 0 unspecified atom stereocenters. The maximum Gasteiger partial charge on any atom is 0.232 e. The van der Waals surface area contributed by atoms with Crippen LogP contribution in [0.25, 0.3) is 21.8 Å². The molecular weight excluding hydrogens is 366 g/mol. The molecule has 8 heteroatoms. The van der Waals surface area contributed by atoms with Gasteiger partial charge in [-0.3, -0.25) is 9.48 Å². The van der Waals surface area contributed by atoms with E-state index in [4.69, 9.17) is 0 Å². The van der Waals surface area contributed by atoms with Crippen LogP contribution >= 0.6 is 22.7 Å². The molecule has 0 saturated carbocycles. The highest BCUT2D eigenvalue weighted by atomic mass is 32.1. The zero-order valence-corrected chi connectivity index (χ0v) is 15.5. The number of hydrogen-bond donors (Lipinski definition) is 1. The number of nitrogens with one attached hydrogen (secondary N) is 1. The third kappa shape index (κ3) is 3.71. The van der Waals surface area contributed by atoms with Crippen molar-refractivity contribution >= 4 is 33.7 Å². The Hall–Kier alpha value is -2.84. The number of amides is 1. The Labute approximate surface area is 158 Å². The molecule has 0 atom stereocenters. The maximum atomic E-state index is 12.3. The number of benzene rings is 1. The van der Waals surface area contributed by atoms with Crippen molar-refractivity contribution in [3.8, 4) is 21.8 Å². The first-order valence-corrected chi connectivity index (χ1v) is 9.67. The fourth-order valence-corrected chi connectivity index (χ4v) is 4.01. The average molecular weight is 381 g/mol. The Morgan fingerprint density at radius 3 is 2.73 bits per heavy atom. The zero-order valence-electron chi connectivity index (χ0n) is 13.9. The molecule has 1 amide bonds. The molecule has 3 aromatic heterocycles. The van der Waals surface area contributed by atoms with E-state index in [1.165, 1.54) is 11.3 Å². The van der Waals surface area contributed by atoms with E-state index in [1.807, 2.05) is 54.3 Å². The van der Waals surface area contributed by atoms with Gasteiger partial charge < -0.3 is 5.32 Å². The van der Waals surface area contributed by atoms with Gasteiger partial charge in [0.2, 0.25) is 5.91 Å². The van der Waals surface area contributed by atoms with E-state index in [1.54, 1.807) is 22.2 Å². The van der Waals surface area contributed by atoms with Crippen LogP contribution < -0.4 is 5.32 Å². The Morgan fingerprint density at radius 2 is 1.96 bits per heavy atom. The number of anilines is 1. The first-order valence-electron chi connectivity index (χ1n) is 7.91. The quantitative estimate of drug-likeness (QED) is 0.570. The molecule has 0 spiro atoms. The van der Waals surface area contributed by atoms with Crippen LogP contribution in [0.4, 0.5) is 5.13 Å². The van der Waals surface area contributed by atoms with E-state index in [2.05, 4.69) is 20.4 Å². The minimum Gasteiger partial charge on any atom is -0.302 e. The van der Waals surface area contributed by atoms with Gasteiger partial charge in [-0.25, -0.2) is 9.97 Å². The van der Waals surface area contributed by atoms with Gasteiger partial charge in [-0.2, -0.15) is 5.10 Å². The topological polar surface area (TPSA) is 72.7 Å². The second-order valence-corrected chi connectivity index (χ2v) is 7.39. The molecule has 0 aliphatic heterocycles. The molecule has 4 rings (SSSR count). The number of thiazole rings is 2. The smallest absolute Gasteiger partial charge is 0.232 e. The van der Waals surface area contributed by atoms with Gasteiger partial charge in [-0.05, 0) is 0 Å². The lowest BCUT2D eigenvalue weighted by molar-refractivity contribution is -0.115. The number of aromatic nitrogens is 4. The highest BCUT2D eigenvalue weighted by molar-refractivity contribution is 7.14. The molecule has 0 saturated heterocycles. The second kappa shape index (κ2) is 7.19. The molecule has 26 heavy (non-hydrogen) atoms. The second-order valence-electron chi connectivity index (χ2n) is 5.68. The van der Waals surface area contributed by atoms with E-state index in [0.29, 0.717) is 5.13 Å². The molecule has 1 aromatic carbocycles. The highest BCUT2D eigenvalue weighted by Crippen LogP contribution is 2.25. The summed E-state index contributed by atoms with van der Waals surface area (Å²) >= 11 is 2.94. The molecule has 4 aromatic rings. The van der Waals surface area contributed by atoms with Gasteiger partial charge in [0.05, 0.1) is 24.0 Å². The lowest BCUT2D eigenvalue weighted by Crippen LogP contribution is -2.14. The third-order valence-corrected chi connectivity index (χ3v) is 5.36. The summed E-state index contributed by atoms with van der Waals surface area (Å²) < 4.78 is 1.72. The van der Waals surface area contributed by atoms with E-state index in [0.717, 1.165) is 27.5 Å². The fourth-order valence-electron chi connectivity index (χ4n) is 2.45. The number of rotatable bonds is 5. The number of nitrogens with zero attached hydrogens (tertiary/aromatic N) is 4. The number of aryl methyl sites for hydroxylation is 1. The van der Waals surface area contributed by atoms with Gasteiger partial charge in [-0.1, -0.05) is 30.3 Å². The molecule has 1 N–H and O–H groups in total. The van der Waals surface area contributed by atoms with E-state index < -0.39 is 0 Å². The third-order valence-electron chi connectivity index (χ3n) is 3.67. The molecule has 6 nitrogen and oxygen atoms in total. The van der Waals surface area contributed by atoms with Gasteiger partial charge >= 0.3 is 0 Å². The Kier molecular flexibility index (Phi) is 4.59. The zero-order chi connectivity index (χ0) is 17.9. The highest BCUT2D eigenvalue weighted by Gasteiger charge is 2.12. The van der Waals surface area contributed by atoms with Crippen molar-refractivity contribution in [1.82, 2.24) is 19.7 Å². The predicted molar refractivity (Wildman–Crippen MR) is 104 cm³/mol. The molecule has 130 valence electrons. The van der Waals surface area contributed by atoms with Crippen molar-refractivity contribution in [2.45, 2.75) is 6.42 Å². The molecule has 0 aliphatic carbocycles. The van der Waals surface area contributed by atoms with E-state index >= 15 is 0 Å². The standard InChI is InChI=1S/C18H15N5OS2/c1-23-9-13(8-19-23)15-11-26-18(21-15)22-16(24)7-14-10-25-17(20-14)12-5-3-2-4-6-12/h2-6,8-11H,7H2,1H3,(H,21,22,24). The summed E-state index contributed by atoms with van der Waals surface area (Å²) in [5.74, 6) is -0.123. The first-order chi connectivity index (χ1) is 12.7. The van der Waals surface area contributed by atoms with E-state index in [-0.39, 0.29) is 12.3 Å². The first kappa shape index (κ1) is 16.6. The molecule has 0 aliphatic rings. The van der Waals surface area contributed by atoms with Crippen LogP contribution in [0.1, 0.15) is 5.69 Å².